The number of rotatable bonds is 13. The molecule has 0 aliphatic rings. The Morgan fingerprint density at radius 2 is 1.07 bits per heavy atom. The highest BCUT2D eigenvalue weighted by atomic mass is 127. The monoisotopic (exact) mass is 768 g/mol. The highest BCUT2D eigenvalue weighted by Gasteiger charge is 2.28. The van der Waals surface area contributed by atoms with Crippen LogP contribution < -0.4 is 15.4 Å². The van der Waals surface area contributed by atoms with Gasteiger partial charge in [-0.1, -0.05) is 40.8 Å². The molecule has 5 N–H and O–H groups in total. The lowest BCUT2D eigenvalue weighted by molar-refractivity contribution is -0.123. The number of halogens is 1. The molecule has 0 aromatic heterocycles. The van der Waals surface area contributed by atoms with Crippen LogP contribution in [0.25, 0.3) is 32.3 Å². The molecule has 43 heavy (non-hydrogen) atoms. The minimum atomic E-state index is -5.05. The van der Waals surface area contributed by atoms with E-state index in [9.17, 15) is 48.5 Å². The fraction of sp³-hybridized carbons (Fsp3) is 0.280. The Balaban J connectivity index is 1.72. The van der Waals surface area contributed by atoms with Crippen LogP contribution >= 0.6 is 22.6 Å². The smallest absolute Gasteiger partial charge is 0.295 e. The van der Waals surface area contributed by atoms with Crippen LogP contribution in [-0.4, -0.2) is 74.8 Å². The van der Waals surface area contributed by atoms with Crippen molar-refractivity contribution >= 4 is 97.1 Å². The molecule has 4 aromatic carbocycles. The summed E-state index contributed by atoms with van der Waals surface area (Å²) in [6, 6.07) is 6.40. The van der Waals surface area contributed by atoms with Crippen molar-refractivity contribution in [2.45, 2.75) is 33.9 Å². The summed E-state index contributed by atoms with van der Waals surface area (Å²) in [5, 5.41) is 4.74. The van der Waals surface area contributed by atoms with Gasteiger partial charge in [0.15, 0.2) is 6.61 Å². The summed E-state index contributed by atoms with van der Waals surface area (Å²) in [6.07, 6.45) is 2.06. The number of unbranched alkanes of at least 4 members (excludes halogenated alkanes) is 2. The molecule has 0 bridgehead atoms. The molecule has 0 atom stereocenters. The molecule has 0 radical (unpaired) electrons. The molecule has 4 rings (SSSR count). The molecule has 14 nitrogen and oxygen atoms in total. The van der Waals surface area contributed by atoms with Gasteiger partial charge in [0.05, 0.1) is 4.43 Å². The maximum absolute atomic E-state index is 12.4. The van der Waals surface area contributed by atoms with Crippen molar-refractivity contribution in [3.63, 3.8) is 0 Å². The summed E-state index contributed by atoms with van der Waals surface area (Å²) >= 11 is 1.96. The molecule has 4 aromatic rings. The topological polar surface area (TPSA) is 231 Å². The maximum Gasteiger partial charge on any atom is 0.295 e. The van der Waals surface area contributed by atoms with Gasteiger partial charge in [0.25, 0.3) is 36.3 Å². The SMILES string of the molecule is O=C(CI)NCCCCCNC(=O)COc1cc(S(=O)(=O)O)c2ccc3c(S(=O)(=O)O)cc(S(=O)(=O)O)c4ccc1c2c43. The molecular weight excluding hydrogens is 743 g/mol. The lowest BCUT2D eigenvalue weighted by Crippen LogP contribution is -2.30. The minimum absolute atomic E-state index is 0.0623. The van der Waals surface area contributed by atoms with Crippen molar-refractivity contribution in [1.29, 1.82) is 0 Å². The molecule has 18 heteroatoms. The van der Waals surface area contributed by atoms with Gasteiger partial charge in [-0.3, -0.25) is 23.2 Å². The Hall–Kier alpha value is -2.88. The summed E-state index contributed by atoms with van der Waals surface area (Å²) in [5.74, 6) is -0.825. The zero-order valence-corrected chi connectivity index (χ0v) is 26.6. The van der Waals surface area contributed by atoms with E-state index in [0.717, 1.165) is 18.6 Å². The van der Waals surface area contributed by atoms with Crippen molar-refractivity contribution in [2.75, 3.05) is 24.1 Å². The quantitative estimate of drug-likeness (QED) is 0.0435. The molecular formula is C25H25IN2O12S3. The molecule has 0 saturated heterocycles. The summed E-state index contributed by atoms with van der Waals surface area (Å²) < 4.78 is 109. The zero-order valence-electron chi connectivity index (χ0n) is 22.0. The average molecular weight is 769 g/mol. The number of ether oxygens (including phenoxy) is 1. The Kier molecular flexibility index (Phi) is 9.69. The Morgan fingerprint density at radius 1 is 0.651 bits per heavy atom. The van der Waals surface area contributed by atoms with Crippen LogP contribution in [-0.2, 0) is 39.9 Å². The number of carbonyl (C=O) groups is 2. The van der Waals surface area contributed by atoms with E-state index in [-0.39, 0.29) is 44.0 Å². The largest absolute Gasteiger partial charge is 0.483 e. The van der Waals surface area contributed by atoms with Gasteiger partial charge in [0.2, 0.25) is 5.91 Å². The van der Waals surface area contributed by atoms with E-state index >= 15 is 0 Å². The number of carbonyl (C=O) groups excluding carboxylic acids is 2. The van der Waals surface area contributed by atoms with Gasteiger partial charge < -0.3 is 15.4 Å². The number of benzene rings is 4. The molecule has 0 unspecified atom stereocenters. The first kappa shape index (κ1) is 33.0. The average Bonchev–Trinajstić information content (AvgIpc) is 2.91. The lowest BCUT2D eigenvalue weighted by atomic mass is 9.93. The molecule has 0 fully saturated rings. The van der Waals surface area contributed by atoms with Crippen molar-refractivity contribution in [2.24, 2.45) is 0 Å². The summed E-state index contributed by atoms with van der Waals surface area (Å²) in [6.45, 7) is 0.238. The van der Waals surface area contributed by atoms with Crippen LogP contribution in [0.2, 0.25) is 0 Å². The summed E-state index contributed by atoms with van der Waals surface area (Å²) in [7, 11) is -15.0. The third kappa shape index (κ3) is 7.27. The van der Waals surface area contributed by atoms with Crippen LogP contribution in [0.4, 0.5) is 0 Å². The van der Waals surface area contributed by atoms with E-state index < -0.39 is 57.6 Å². The van der Waals surface area contributed by atoms with Crippen LogP contribution in [0.5, 0.6) is 5.75 Å². The fourth-order valence-electron chi connectivity index (χ4n) is 4.75. The number of hydrogen-bond donors (Lipinski definition) is 5. The van der Waals surface area contributed by atoms with Crippen molar-refractivity contribution in [3.8, 4) is 5.75 Å². The predicted molar refractivity (Wildman–Crippen MR) is 164 cm³/mol. The van der Waals surface area contributed by atoms with Crippen molar-refractivity contribution < 1.29 is 53.2 Å². The summed E-state index contributed by atoms with van der Waals surface area (Å²) in [4.78, 5) is 21.3. The Morgan fingerprint density at radius 3 is 1.53 bits per heavy atom. The van der Waals surface area contributed by atoms with Gasteiger partial charge in [0.1, 0.15) is 20.4 Å². The van der Waals surface area contributed by atoms with Crippen molar-refractivity contribution in [3.05, 3.63) is 36.4 Å². The standard InChI is InChI=1S/C25H25IN2O12S3/c26-12-22(29)27-8-2-1-3-9-28-23(30)13-40-18-10-19(41(31,32)33)15-6-7-17-21(43(37,38)39)11-20(42(34,35)36)16-5-4-14(18)24(15)25(16)17/h4-7,10-11H,1-3,8-9,12-13H2,(H,27,29)(H,28,30)(H,31,32,33)(H,34,35,36)(H,37,38,39). The Labute approximate surface area is 259 Å². The van der Waals surface area contributed by atoms with Gasteiger partial charge in [-0.25, -0.2) is 0 Å². The molecule has 0 aliphatic heterocycles. The predicted octanol–water partition coefficient (Wildman–Crippen LogP) is 2.54. The van der Waals surface area contributed by atoms with Gasteiger partial charge in [0, 0.05) is 51.5 Å². The number of amides is 2. The van der Waals surface area contributed by atoms with Crippen molar-refractivity contribution in [1.82, 2.24) is 10.6 Å². The van der Waals surface area contributed by atoms with E-state index in [2.05, 4.69) is 10.6 Å². The van der Waals surface area contributed by atoms with E-state index in [1.165, 1.54) is 18.2 Å². The van der Waals surface area contributed by atoms with E-state index in [0.29, 0.717) is 36.4 Å². The molecule has 0 saturated carbocycles. The number of nitrogens with one attached hydrogen (secondary N) is 2. The van der Waals surface area contributed by atoms with E-state index in [1.807, 2.05) is 22.6 Å². The third-order valence-corrected chi connectivity index (χ3v) is 9.93. The third-order valence-electron chi connectivity index (χ3n) is 6.56. The van der Waals surface area contributed by atoms with Crippen LogP contribution in [0.3, 0.4) is 0 Å². The highest BCUT2D eigenvalue weighted by molar-refractivity contribution is 14.1. The first-order chi connectivity index (χ1) is 20.0. The van der Waals surface area contributed by atoms with Gasteiger partial charge in [-0.15, -0.1) is 0 Å². The molecule has 0 heterocycles. The van der Waals surface area contributed by atoms with E-state index in [1.54, 1.807) is 0 Å². The molecule has 232 valence electrons. The van der Waals surface area contributed by atoms with Gasteiger partial charge >= 0.3 is 0 Å². The maximum atomic E-state index is 12.4. The van der Waals surface area contributed by atoms with Gasteiger partial charge in [-0.2, -0.15) is 25.3 Å². The lowest BCUT2D eigenvalue weighted by Gasteiger charge is -2.19. The fourth-order valence-corrected chi connectivity index (χ4v) is 7.23. The van der Waals surface area contributed by atoms with E-state index in [4.69, 9.17) is 4.74 Å². The first-order valence-electron chi connectivity index (χ1n) is 12.5. The molecule has 0 spiro atoms. The Bertz CT molecular complexity index is 2010. The van der Waals surface area contributed by atoms with Crippen LogP contribution in [0.15, 0.2) is 51.1 Å². The number of alkyl halides is 1. The van der Waals surface area contributed by atoms with Crippen LogP contribution in [0.1, 0.15) is 19.3 Å². The second-order valence-corrected chi connectivity index (χ2v) is 14.4. The van der Waals surface area contributed by atoms with Gasteiger partial charge in [-0.05, 0) is 31.4 Å². The molecule has 0 aliphatic carbocycles. The minimum Gasteiger partial charge on any atom is -0.483 e. The second kappa shape index (κ2) is 12.6. The molecule has 2 amide bonds. The second-order valence-electron chi connectivity index (χ2n) is 9.43. The number of hydrogen-bond acceptors (Lipinski definition) is 9. The first-order valence-corrected chi connectivity index (χ1v) is 18.3. The zero-order chi connectivity index (χ0) is 31.7. The normalized spacial score (nSPS) is 12.7. The van der Waals surface area contributed by atoms with Crippen LogP contribution in [0, 0.1) is 0 Å². The highest BCUT2D eigenvalue weighted by Crippen LogP contribution is 2.45. The summed E-state index contributed by atoms with van der Waals surface area (Å²) in [5.41, 5.74) is 0.